The van der Waals surface area contributed by atoms with Gasteiger partial charge in [0.2, 0.25) is 30.0 Å². The Balaban J connectivity index is 1.45. The van der Waals surface area contributed by atoms with Crippen molar-refractivity contribution in [3.8, 4) is 40.1 Å². The Kier molecular flexibility index (Phi) is 8.48. The van der Waals surface area contributed by atoms with Crippen LogP contribution in [0.3, 0.4) is 0 Å². The molecule has 3 aromatic rings. The van der Waals surface area contributed by atoms with Crippen molar-refractivity contribution in [3.05, 3.63) is 40.6 Å². The molecule has 2 saturated heterocycles. The van der Waals surface area contributed by atoms with E-state index in [9.17, 15) is 50.8 Å². The van der Waals surface area contributed by atoms with Crippen LogP contribution in [0.2, 0.25) is 0 Å². The second kappa shape index (κ2) is 12.2. The van der Waals surface area contributed by atoms with Gasteiger partial charge < -0.3 is 78.8 Å². The van der Waals surface area contributed by atoms with Gasteiger partial charge in [-0.3, -0.25) is 4.79 Å². The van der Waals surface area contributed by atoms with E-state index in [0.29, 0.717) is 0 Å². The largest absolute Gasteiger partial charge is 0.508 e. The summed E-state index contributed by atoms with van der Waals surface area (Å²) >= 11 is 0. The summed E-state index contributed by atoms with van der Waals surface area (Å²) in [6.07, 6.45) is -17.6. The van der Waals surface area contributed by atoms with E-state index in [4.69, 9.17) is 32.8 Å². The average Bonchev–Trinajstić information content (AvgIpc) is 3.51. The molecule has 0 radical (unpaired) electrons. The minimum Gasteiger partial charge on any atom is -0.508 e. The van der Waals surface area contributed by atoms with Gasteiger partial charge in [-0.1, -0.05) is 0 Å². The highest BCUT2D eigenvalue weighted by Crippen LogP contribution is 2.46. The zero-order chi connectivity index (χ0) is 32.2. The van der Waals surface area contributed by atoms with Crippen LogP contribution in [0, 0.1) is 0 Å². The minimum atomic E-state index is -1.93. The fourth-order valence-corrected chi connectivity index (χ4v) is 5.33. The molecule has 3 aliphatic heterocycles. The second-order valence-corrected chi connectivity index (χ2v) is 10.6. The molecule has 0 spiro atoms. The van der Waals surface area contributed by atoms with Gasteiger partial charge in [0.15, 0.2) is 29.7 Å². The average molecular weight is 639 g/mol. The minimum absolute atomic E-state index is 0.0972. The number of phenolic OH excluding ortho intramolecular Hbond substituents is 2. The summed E-state index contributed by atoms with van der Waals surface area (Å²) in [7, 11) is 0. The predicted octanol–water partition coefficient (Wildman–Crippen LogP) is -2.40. The molecule has 10 atom stereocenters. The third kappa shape index (κ3) is 5.42. The topological polar surface area (TPSA) is 268 Å². The van der Waals surface area contributed by atoms with E-state index < -0.39 is 96.9 Å². The molecule has 4 heterocycles. The molecule has 6 rings (SSSR count). The smallest absolute Gasteiger partial charge is 0.239 e. The first-order valence-corrected chi connectivity index (χ1v) is 13.7. The second-order valence-electron chi connectivity index (χ2n) is 10.6. The summed E-state index contributed by atoms with van der Waals surface area (Å²) in [6, 6.07) is 6.68. The quantitative estimate of drug-likeness (QED) is 0.131. The molecule has 0 bridgehead atoms. The van der Waals surface area contributed by atoms with E-state index in [1.54, 1.807) is 0 Å². The van der Waals surface area contributed by atoms with Crippen LogP contribution in [0.25, 0.3) is 22.3 Å². The highest BCUT2D eigenvalue weighted by molar-refractivity contribution is 5.91. The molecule has 2 fully saturated rings. The van der Waals surface area contributed by atoms with Gasteiger partial charge in [-0.05, 0) is 24.3 Å². The van der Waals surface area contributed by atoms with Gasteiger partial charge in [0.1, 0.15) is 59.4 Å². The van der Waals surface area contributed by atoms with Crippen molar-refractivity contribution in [2.24, 2.45) is 0 Å². The molecule has 17 nitrogen and oxygen atoms in total. The molecule has 0 unspecified atom stereocenters. The standard InChI is InChI=1S/C28H30O17/c29-6-13-16(32)20(36)22(38)27(42-13)45-26-21(37)17(33)14(7-30)43-28(26)44-25-19(35)15-11(5-12-24(18(15)34)40-8-39-12)41-23(25)9-1-3-10(31)4-2-9/h1-5,13-14,16-17,20-22,26-34,36-38H,6-8H2/t13-,14-,16-,17-,20+,21+,22-,26-,27+,28+/m1/s1. The molecule has 9 N–H and O–H groups in total. The lowest BCUT2D eigenvalue weighted by Crippen LogP contribution is -2.65. The molecule has 0 amide bonds. The lowest BCUT2D eigenvalue weighted by molar-refractivity contribution is -0.358. The highest BCUT2D eigenvalue weighted by atomic mass is 16.8. The molecule has 2 aromatic carbocycles. The number of hydrogen-bond acceptors (Lipinski definition) is 17. The van der Waals surface area contributed by atoms with Crippen molar-refractivity contribution >= 4 is 11.0 Å². The predicted molar refractivity (Wildman–Crippen MR) is 144 cm³/mol. The molecule has 45 heavy (non-hydrogen) atoms. The Morgan fingerprint density at radius 1 is 0.800 bits per heavy atom. The Bertz CT molecular complexity index is 1590. The maximum Gasteiger partial charge on any atom is 0.239 e. The van der Waals surface area contributed by atoms with Crippen LogP contribution in [-0.2, 0) is 14.2 Å². The summed E-state index contributed by atoms with van der Waals surface area (Å²) in [6.45, 7) is -1.86. The van der Waals surface area contributed by atoms with Gasteiger partial charge in [0.25, 0.3) is 0 Å². The molecule has 244 valence electrons. The van der Waals surface area contributed by atoms with Crippen molar-refractivity contribution < 1.29 is 78.8 Å². The summed E-state index contributed by atoms with van der Waals surface area (Å²) in [5.41, 5.74) is -0.911. The Hall–Kier alpha value is -3.75. The van der Waals surface area contributed by atoms with Crippen molar-refractivity contribution in [1.29, 1.82) is 0 Å². The number of ether oxygens (including phenoxy) is 6. The van der Waals surface area contributed by atoms with Crippen LogP contribution >= 0.6 is 0 Å². The molecular formula is C28H30O17. The summed E-state index contributed by atoms with van der Waals surface area (Å²) in [4.78, 5) is 14.0. The SMILES string of the molecule is O=c1c(O[C@@H]2O[C@H](CO)[C@@H](O)[C@H](O)[C@H]2O[C@@H]2O[C@H](CO)[C@@H](O)[C@H](O)[C@H]2O)c(-c2ccc(O)cc2)oc2cc3c(c(O)c12)OCO3. The van der Waals surface area contributed by atoms with Crippen LogP contribution in [0.5, 0.6) is 28.7 Å². The number of hydrogen-bond donors (Lipinski definition) is 9. The first kappa shape index (κ1) is 31.2. The Morgan fingerprint density at radius 2 is 1.44 bits per heavy atom. The summed E-state index contributed by atoms with van der Waals surface area (Å²) in [5.74, 6) is -1.64. The number of phenols is 2. The van der Waals surface area contributed by atoms with E-state index in [1.807, 2.05) is 0 Å². The van der Waals surface area contributed by atoms with Crippen LogP contribution in [0.4, 0.5) is 0 Å². The van der Waals surface area contributed by atoms with E-state index in [0.717, 1.165) is 0 Å². The van der Waals surface area contributed by atoms with Gasteiger partial charge in [-0.25, -0.2) is 0 Å². The van der Waals surface area contributed by atoms with Crippen LogP contribution in [0.15, 0.2) is 39.5 Å². The van der Waals surface area contributed by atoms with Gasteiger partial charge in [0, 0.05) is 11.6 Å². The molecule has 0 aliphatic carbocycles. The number of aliphatic hydroxyl groups is 7. The normalized spacial score (nSPS) is 33.0. The van der Waals surface area contributed by atoms with Gasteiger partial charge in [-0.2, -0.15) is 0 Å². The maximum absolute atomic E-state index is 14.0. The Labute approximate surface area is 252 Å². The maximum atomic E-state index is 14.0. The zero-order valence-electron chi connectivity index (χ0n) is 23.1. The Morgan fingerprint density at radius 3 is 2.11 bits per heavy atom. The first-order valence-electron chi connectivity index (χ1n) is 13.7. The van der Waals surface area contributed by atoms with Gasteiger partial charge >= 0.3 is 0 Å². The van der Waals surface area contributed by atoms with Crippen LogP contribution in [-0.4, -0.2) is 127 Å². The van der Waals surface area contributed by atoms with Crippen molar-refractivity contribution in [1.82, 2.24) is 0 Å². The number of fused-ring (bicyclic) bond motifs is 2. The van der Waals surface area contributed by atoms with E-state index >= 15 is 0 Å². The lowest BCUT2D eigenvalue weighted by atomic mass is 9.97. The molecular weight excluding hydrogens is 608 g/mol. The number of benzene rings is 2. The number of rotatable bonds is 7. The van der Waals surface area contributed by atoms with E-state index in [1.165, 1.54) is 30.3 Å². The number of aromatic hydroxyl groups is 2. The van der Waals surface area contributed by atoms with Gasteiger partial charge in [-0.15, -0.1) is 0 Å². The number of aliphatic hydroxyl groups excluding tert-OH is 7. The molecule has 17 heteroatoms. The monoisotopic (exact) mass is 638 g/mol. The van der Waals surface area contributed by atoms with Gasteiger partial charge in [0.05, 0.1) is 13.2 Å². The fraction of sp³-hybridized carbons (Fsp3) is 0.464. The third-order valence-corrected chi connectivity index (χ3v) is 7.78. The molecule has 0 saturated carbocycles. The molecule has 3 aliphatic rings. The van der Waals surface area contributed by atoms with Crippen molar-refractivity contribution in [3.63, 3.8) is 0 Å². The van der Waals surface area contributed by atoms with Crippen LogP contribution < -0.4 is 19.6 Å². The first-order chi connectivity index (χ1) is 21.5. The van der Waals surface area contributed by atoms with Crippen molar-refractivity contribution in [2.45, 2.75) is 61.4 Å². The van der Waals surface area contributed by atoms with Crippen molar-refractivity contribution in [2.75, 3.05) is 20.0 Å². The van der Waals surface area contributed by atoms with E-state index in [-0.39, 0.29) is 40.9 Å². The third-order valence-electron chi connectivity index (χ3n) is 7.78. The fourth-order valence-electron chi connectivity index (χ4n) is 5.33. The molecule has 1 aromatic heterocycles. The lowest BCUT2D eigenvalue weighted by Gasteiger charge is -2.45. The van der Waals surface area contributed by atoms with E-state index in [2.05, 4.69) is 0 Å². The van der Waals surface area contributed by atoms with Crippen LogP contribution in [0.1, 0.15) is 0 Å². The zero-order valence-corrected chi connectivity index (χ0v) is 23.1. The summed E-state index contributed by atoms with van der Waals surface area (Å²) < 4.78 is 39.2. The summed E-state index contributed by atoms with van der Waals surface area (Å²) in [5, 5.41) is 92.2. The highest BCUT2D eigenvalue weighted by Gasteiger charge is 2.51.